The van der Waals surface area contributed by atoms with Crippen LogP contribution in [0.1, 0.15) is 30.7 Å². The van der Waals surface area contributed by atoms with Crippen molar-refractivity contribution in [3.63, 3.8) is 0 Å². The van der Waals surface area contributed by atoms with E-state index in [1.165, 1.54) is 4.90 Å². The molecule has 0 aromatic heterocycles. The summed E-state index contributed by atoms with van der Waals surface area (Å²) in [5.74, 6) is -0.0650. The molecule has 94 valence electrons. The summed E-state index contributed by atoms with van der Waals surface area (Å²) < 4.78 is 0. The van der Waals surface area contributed by atoms with Crippen LogP contribution in [0.4, 0.5) is 0 Å². The number of hydrogen-bond acceptors (Lipinski definition) is 2. The second kappa shape index (κ2) is 4.25. The number of imide groups is 1. The first-order chi connectivity index (χ1) is 8.58. The lowest BCUT2D eigenvalue weighted by atomic mass is 9.90. The molecule has 0 bridgehead atoms. The number of amides is 2. The normalized spacial score (nSPS) is 26.9. The summed E-state index contributed by atoms with van der Waals surface area (Å²) in [5.41, 5.74) is 0.986. The van der Waals surface area contributed by atoms with Crippen molar-refractivity contribution < 1.29 is 9.59 Å². The van der Waals surface area contributed by atoms with E-state index in [-0.39, 0.29) is 23.8 Å². The average molecular weight is 284 g/mol. The summed E-state index contributed by atoms with van der Waals surface area (Å²) in [6, 6.07) is 5.43. The summed E-state index contributed by atoms with van der Waals surface area (Å²) >= 11 is 11.9. The van der Waals surface area contributed by atoms with Gasteiger partial charge in [0, 0.05) is 24.8 Å². The number of hydrogen-bond donors (Lipinski definition) is 0. The van der Waals surface area contributed by atoms with Gasteiger partial charge in [-0.25, -0.2) is 0 Å². The third kappa shape index (κ3) is 1.73. The Hall–Kier alpha value is -1.06. The van der Waals surface area contributed by atoms with Crippen LogP contribution in [0, 0.1) is 0 Å². The maximum Gasteiger partial charge on any atom is 0.230 e. The second-order valence-corrected chi connectivity index (χ2v) is 5.56. The Morgan fingerprint density at radius 3 is 2.61 bits per heavy atom. The number of fused-ring (bicyclic) bond motifs is 1. The number of carbonyl (C=O) groups is 2. The van der Waals surface area contributed by atoms with Crippen LogP contribution in [-0.4, -0.2) is 22.8 Å². The molecule has 5 heteroatoms. The molecule has 2 aliphatic rings. The summed E-state index contributed by atoms with van der Waals surface area (Å²) in [5, 5.41) is 0.994. The molecule has 18 heavy (non-hydrogen) atoms. The molecule has 2 fully saturated rings. The van der Waals surface area contributed by atoms with Crippen molar-refractivity contribution in [2.24, 2.45) is 0 Å². The molecule has 1 aromatic rings. The van der Waals surface area contributed by atoms with Crippen LogP contribution in [0.3, 0.4) is 0 Å². The van der Waals surface area contributed by atoms with Gasteiger partial charge in [-0.3, -0.25) is 14.5 Å². The molecule has 0 spiro atoms. The van der Waals surface area contributed by atoms with Gasteiger partial charge in [0.2, 0.25) is 11.8 Å². The summed E-state index contributed by atoms with van der Waals surface area (Å²) in [4.78, 5) is 24.9. The highest BCUT2D eigenvalue weighted by Gasteiger charge is 2.47. The largest absolute Gasteiger partial charge is 0.279 e. The third-order valence-electron chi connectivity index (χ3n) is 3.75. The van der Waals surface area contributed by atoms with E-state index in [1.807, 2.05) is 6.07 Å². The summed E-state index contributed by atoms with van der Waals surface area (Å²) in [6.45, 7) is 0. The van der Waals surface area contributed by atoms with E-state index in [2.05, 4.69) is 0 Å². The molecule has 0 saturated carbocycles. The van der Waals surface area contributed by atoms with Gasteiger partial charge in [-0.05, 0) is 24.1 Å². The van der Waals surface area contributed by atoms with Crippen LogP contribution in [0.5, 0.6) is 0 Å². The fourth-order valence-corrected chi connectivity index (χ4v) is 3.22. The Bertz CT molecular complexity index is 544. The van der Waals surface area contributed by atoms with Crippen LogP contribution < -0.4 is 0 Å². The van der Waals surface area contributed by atoms with Crippen molar-refractivity contribution in [1.29, 1.82) is 0 Å². The lowest BCUT2D eigenvalue weighted by Crippen LogP contribution is -2.32. The monoisotopic (exact) mass is 283 g/mol. The molecular formula is C13H11Cl2NO2. The van der Waals surface area contributed by atoms with E-state index >= 15 is 0 Å². The number of rotatable bonds is 1. The van der Waals surface area contributed by atoms with Gasteiger partial charge in [0.05, 0.1) is 10.0 Å². The second-order valence-electron chi connectivity index (χ2n) is 4.75. The van der Waals surface area contributed by atoms with E-state index in [4.69, 9.17) is 23.2 Å². The first-order valence-corrected chi connectivity index (χ1v) is 6.63. The molecule has 2 heterocycles. The van der Waals surface area contributed by atoms with Crippen molar-refractivity contribution in [1.82, 2.24) is 4.90 Å². The molecule has 3 rings (SSSR count). The summed E-state index contributed by atoms with van der Waals surface area (Å²) in [6.07, 6.45) is 1.60. The highest BCUT2D eigenvalue weighted by molar-refractivity contribution is 6.42. The Kier molecular flexibility index (Phi) is 2.83. The zero-order valence-electron chi connectivity index (χ0n) is 9.53. The van der Waals surface area contributed by atoms with Gasteiger partial charge in [-0.15, -0.1) is 0 Å². The zero-order chi connectivity index (χ0) is 12.9. The quantitative estimate of drug-likeness (QED) is 0.743. The molecule has 0 unspecified atom stereocenters. The van der Waals surface area contributed by atoms with Gasteiger partial charge in [-0.2, -0.15) is 0 Å². The topological polar surface area (TPSA) is 37.4 Å². The maximum absolute atomic E-state index is 11.8. The van der Waals surface area contributed by atoms with Crippen LogP contribution in [0.15, 0.2) is 18.2 Å². The predicted molar refractivity (Wildman–Crippen MR) is 68.7 cm³/mol. The Morgan fingerprint density at radius 1 is 1.11 bits per heavy atom. The molecule has 2 amide bonds. The molecular weight excluding hydrogens is 273 g/mol. The number of carbonyl (C=O) groups excluding carboxylic acids is 2. The van der Waals surface area contributed by atoms with Crippen molar-refractivity contribution in [3.05, 3.63) is 33.8 Å². The first kappa shape index (κ1) is 12.0. The Balaban J connectivity index is 1.96. The molecule has 0 aliphatic carbocycles. The minimum Gasteiger partial charge on any atom is -0.279 e. The fourth-order valence-electron chi connectivity index (χ4n) is 2.92. The molecule has 0 N–H and O–H groups in total. The molecule has 2 saturated heterocycles. The van der Waals surface area contributed by atoms with Crippen molar-refractivity contribution in [2.45, 2.75) is 31.2 Å². The Labute approximate surface area is 115 Å². The van der Waals surface area contributed by atoms with Gasteiger partial charge in [-0.1, -0.05) is 29.3 Å². The van der Waals surface area contributed by atoms with Gasteiger partial charge in [0.25, 0.3) is 0 Å². The van der Waals surface area contributed by atoms with Crippen LogP contribution in [-0.2, 0) is 9.59 Å². The average Bonchev–Trinajstić information content (AvgIpc) is 2.86. The highest BCUT2D eigenvalue weighted by atomic mass is 35.5. The van der Waals surface area contributed by atoms with Crippen molar-refractivity contribution >= 4 is 35.0 Å². The highest BCUT2D eigenvalue weighted by Crippen LogP contribution is 2.41. The number of nitrogens with zero attached hydrogens (tertiary/aromatic N) is 1. The smallest absolute Gasteiger partial charge is 0.230 e. The maximum atomic E-state index is 11.8. The standard InChI is InChI=1S/C13H11Cl2NO2/c14-9-2-1-7(5-10(9)15)8-6-13(18)16-11(8)3-4-12(16)17/h1-2,5,8,11H,3-4,6H2/t8-,11-/m1/s1. The van der Waals surface area contributed by atoms with Gasteiger partial charge < -0.3 is 0 Å². The minimum absolute atomic E-state index is 0.00208. The van der Waals surface area contributed by atoms with Crippen molar-refractivity contribution in [2.75, 3.05) is 0 Å². The van der Waals surface area contributed by atoms with E-state index in [1.54, 1.807) is 12.1 Å². The molecule has 2 atom stereocenters. The first-order valence-electron chi connectivity index (χ1n) is 5.88. The van der Waals surface area contributed by atoms with E-state index in [0.717, 1.165) is 12.0 Å². The third-order valence-corrected chi connectivity index (χ3v) is 4.49. The predicted octanol–water partition coefficient (Wildman–Crippen LogP) is 3.00. The zero-order valence-corrected chi connectivity index (χ0v) is 11.0. The number of benzene rings is 1. The summed E-state index contributed by atoms with van der Waals surface area (Å²) in [7, 11) is 0. The lowest BCUT2D eigenvalue weighted by molar-refractivity contribution is -0.140. The van der Waals surface area contributed by atoms with Gasteiger partial charge in [0.1, 0.15) is 0 Å². The van der Waals surface area contributed by atoms with Crippen LogP contribution >= 0.6 is 23.2 Å². The van der Waals surface area contributed by atoms with Gasteiger partial charge in [0.15, 0.2) is 0 Å². The lowest BCUT2D eigenvalue weighted by Gasteiger charge is -2.19. The van der Waals surface area contributed by atoms with E-state index < -0.39 is 0 Å². The molecule has 3 nitrogen and oxygen atoms in total. The van der Waals surface area contributed by atoms with Crippen LogP contribution in [0.25, 0.3) is 0 Å². The van der Waals surface area contributed by atoms with E-state index in [0.29, 0.717) is 22.9 Å². The number of halogens is 2. The molecule has 2 aliphatic heterocycles. The van der Waals surface area contributed by atoms with E-state index in [9.17, 15) is 9.59 Å². The Morgan fingerprint density at radius 2 is 1.89 bits per heavy atom. The van der Waals surface area contributed by atoms with Crippen LogP contribution in [0.2, 0.25) is 10.0 Å². The molecule has 0 radical (unpaired) electrons. The SMILES string of the molecule is O=C1CC[C@@H]2[C@@H](c3ccc(Cl)c(Cl)c3)CC(=O)N12. The molecule has 1 aromatic carbocycles. The minimum atomic E-state index is -0.0708. The fraction of sp³-hybridized carbons (Fsp3) is 0.385. The van der Waals surface area contributed by atoms with Crippen molar-refractivity contribution in [3.8, 4) is 0 Å². The van der Waals surface area contributed by atoms with Gasteiger partial charge >= 0.3 is 0 Å².